The topological polar surface area (TPSA) is 73.6 Å². The van der Waals surface area contributed by atoms with Gasteiger partial charge in [-0.2, -0.15) is 0 Å². The van der Waals surface area contributed by atoms with Crippen LogP contribution in [-0.4, -0.2) is 31.3 Å². The summed E-state index contributed by atoms with van der Waals surface area (Å²) >= 11 is 0. The number of ether oxygens (including phenoxy) is 2. The third-order valence-corrected chi connectivity index (χ3v) is 2.85. The van der Waals surface area contributed by atoms with Crippen molar-refractivity contribution in [3.63, 3.8) is 0 Å². The third kappa shape index (κ3) is 5.14. The van der Waals surface area contributed by atoms with Crippen molar-refractivity contribution < 1.29 is 14.4 Å². The van der Waals surface area contributed by atoms with Gasteiger partial charge in [0.15, 0.2) is 5.75 Å². The molecular weight excluding hydrogens is 260 g/mol. The number of rotatable bonds is 9. The first-order valence-electron chi connectivity index (χ1n) is 6.72. The summed E-state index contributed by atoms with van der Waals surface area (Å²) in [5.41, 5.74) is 0.941. The predicted molar refractivity (Wildman–Crippen MR) is 77.1 cm³/mol. The number of hydrogen-bond donors (Lipinski definition) is 1. The Morgan fingerprint density at radius 2 is 2.20 bits per heavy atom. The molecule has 1 aromatic carbocycles. The van der Waals surface area contributed by atoms with E-state index in [1.807, 2.05) is 6.92 Å². The molecule has 0 fully saturated rings. The first-order chi connectivity index (χ1) is 9.58. The van der Waals surface area contributed by atoms with Crippen molar-refractivity contribution in [2.24, 2.45) is 0 Å². The highest BCUT2D eigenvalue weighted by atomic mass is 16.6. The highest BCUT2D eigenvalue weighted by Gasteiger charge is 2.16. The maximum Gasteiger partial charge on any atom is 0.310 e. The minimum Gasteiger partial charge on any atom is -0.484 e. The summed E-state index contributed by atoms with van der Waals surface area (Å²) in [6.07, 6.45) is 0.929. The number of hydrogen-bond acceptors (Lipinski definition) is 5. The van der Waals surface area contributed by atoms with Crippen molar-refractivity contribution in [1.29, 1.82) is 0 Å². The molecule has 0 aliphatic carbocycles. The molecule has 6 heteroatoms. The van der Waals surface area contributed by atoms with Gasteiger partial charge >= 0.3 is 5.69 Å². The molecule has 1 rings (SSSR count). The molecule has 1 aromatic rings. The van der Waals surface area contributed by atoms with Gasteiger partial charge in [0.05, 0.1) is 11.0 Å². The minimum atomic E-state index is -0.434. The van der Waals surface area contributed by atoms with E-state index in [2.05, 4.69) is 12.2 Å². The lowest BCUT2D eigenvalue weighted by atomic mass is 10.2. The lowest BCUT2D eigenvalue weighted by Crippen LogP contribution is -2.17. The van der Waals surface area contributed by atoms with Gasteiger partial charge in [-0.05, 0) is 31.5 Å². The molecule has 112 valence electrons. The quantitative estimate of drug-likeness (QED) is 0.428. The highest BCUT2D eigenvalue weighted by molar-refractivity contribution is 5.48. The van der Waals surface area contributed by atoms with E-state index in [4.69, 9.17) is 9.47 Å². The molecule has 6 nitrogen and oxygen atoms in total. The van der Waals surface area contributed by atoms with E-state index in [1.165, 1.54) is 6.07 Å². The predicted octanol–water partition coefficient (Wildman–Crippen LogP) is 2.51. The monoisotopic (exact) mass is 282 g/mol. The second-order valence-corrected chi connectivity index (χ2v) is 4.59. The Bertz CT molecular complexity index is 437. The molecule has 0 heterocycles. The zero-order chi connectivity index (χ0) is 15.0. The normalized spacial score (nSPS) is 12.2. The Morgan fingerprint density at radius 1 is 1.45 bits per heavy atom. The second-order valence-electron chi connectivity index (χ2n) is 4.59. The van der Waals surface area contributed by atoms with Gasteiger partial charge in [0.25, 0.3) is 0 Å². The third-order valence-electron chi connectivity index (χ3n) is 2.85. The van der Waals surface area contributed by atoms with E-state index in [9.17, 15) is 10.1 Å². The van der Waals surface area contributed by atoms with Crippen LogP contribution in [0.5, 0.6) is 5.75 Å². The number of nitro groups is 1. The average Bonchev–Trinajstić information content (AvgIpc) is 2.44. The Morgan fingerprint density at radius 3 is 2.80 bits per heavy atom. The van der Waals surface area contributed by atoms with Crippen LogP contribution >= 0.6 is 0 Å². The van der Waals surface area contributed by atoms with Gasteiger partial charge in [-0.3, -0.25) is 10.1 Å². The molecule has 1 atom stereocenters. The number of nitrogens with zero attached hydrogens (tertiary/aromatic N) is 1. The maximum atomic E-state index is 11.0. The second kappa shape index (κ2) is 8.50. The van der Waals surface area contributed by atoms with Crippen LogP contribution in [0.25, 0.3) is 0 Å². The van der Waals surface area contributed by atoms with E-state index in [0.717, 1.165) is 18.5 Å². The standard InChI is InChI=1S/C14H22N2O4/c1-4-7-15-9-12-5-6-13(16(17)18)14(8-12)20-10-11(2)19-3/h5-6,8,11,15H,4,7,9-10H2,1-3H3. The fraction of sp³-hybridized carbons (Fsp3) is 0.571. The van der Waals surface area contributed by atoms with Gasteiger partial charge in [0.1, 0.15) is 6.61 Å². The zero-order valence-electron chi connectivity index (χ0n) is 12.2. The largest absolute Gasteiger partial charge is 0.484 e. The van der Waals surface area contributed by atoms with Crippen LogP contribution in [0, 0.1) is 10.1 Å². The fourth-order valence-corrected chi connectivity index (χ4v) is 1.62. The Labute approximate surface area is 119 Å². The van der Waals surface area contributed by atoms with Crippen LogP contribution in [0.1, 0.15) is 25.8 Å². The van der Waals surface area contributed by atoms with E-state index in [0.29, 0.717) is 6.54 Å². The molecule has 0 saturated carbocycles. The summed E-state index contributed by atoms with van der Waals surface area (Å²) in [7, 11) is 1.58. The Hall–Kier alpha value is -1.66. The fourth-order valence-electron chi connectivity index (χ4n) is 1.62. The van der Waals surface area contributed by atoms with Crippen molar-refractivity contribution in [1.82, 2.24) is 5.32 Å². The molecule has 0 aliphatic heterocycles. The molecule has 0 radical (unpaired) electrons. The number of nitro benzene ring substituents is 1. The van der Waals surface area contributed by atoms with Gasteiger partial charge < -0.3 is 14.8 Å². The van der Waals surface area contributed by atoms with Gasteiger partial charge in [-0.25, -0.2) is 0 Å². The van der Waals surface area contributed by atoms with Gasteiger partial charge in [0, 0.05) is 19.7 Å². The van der Waals surface area contributed by atoms with E-state index in [1.54, 1.807) is 19.2 Å². The number of benzene rings is 1. The Kier molecular flexibility index (Phi) is 6.97. The lowest BCUT2D eigenvalue weighted by molar-refractivity contribution is -0.385. The first kappa shape index (κ1) is 16.4. The minimum absolute atomic E-state index is 0.0208. The molecule has 0 aromatic heterocycles. The smallest absolute Gasteiger partial charge is 0.310 e. The van der Waals surface area contributed by atoms with Crippen molar-refractivity contribution in [2.75, 3.05) is 20.3 Å². The summed E-state index contributed by atoms with van der Waals surface area (Å²) in [4.78, 5) is 10.6. The van der Waals surface area contributed by atoms with Crippen LogP contribution in [-0.2, 0) is 11.3 Å². The average molecular weight is 282 g/mol. The molecule has 1 N–H and O–H groups in total. The van der Waals surface area contributed by atoms with E-state index in [-0.39, 0.29) is 24.1 Å². The lowest BCUT2D eigenvalue weighted by Gasteiger charge is -2.12. The maximum absolute atomic E-state index is 11.0. The SMILES string of the molecule is CCCNCc1ccc([N+](=O)[O-])c(OCC(C)OC)c1. The molecule has 0 aliphatic rings. The summed E-state index contributed by atoms with van der Waals surface area (Å²) < 4.78 is 10.6. The van der Waals surface area contributed by atoms with E-state index < -0.39 is 4.92 Å². The molecule has 0 bridgehead atoms. The van der Waals surface area contributed by atoms with Crippen LogP contribution in [0.3, 0.4) is 0 Å². The van der Waals surface area contributed by atoms with Gasteiger partial charge in [0.2, 0.25) is 0 Å². The molecule has 0 saturated heterocycles. The zero-order valence-corrected chi connectivity index (χ0v) is 12.2. The number of methoxy groups -OCH3 is 1. The van der Waals surface area contributed by atoms with E-state index >= 15 is 0 Å². The summed E-state index contributed by atoms with van der Waals surface area (Å²) in [6.45, 7) is 5.79. The molecule has 0 spiro atoms. The van der Waals surface area contributed by atoms with Crippen LogP contribution in [0.4, 0.5) is 5.69 Å². The van der Waals surface area contributed by atoms with Crippen molar-refractivity contribution in [3.8, 4) is 5.75 Å². The summed E-state index contributed by atoms with van der Waals surface area (Å²) in [6, 6.07) is 4.94. The molecule has 0 amide bonds. The highest BCUT2D eigenvalue weighted by Crippen LogP contribution is 2.28. The van der Waals surface area contributed by atoms with Crippen molar-refractivity contribution >= 4 is 5.69 Å². The summed E-state index contributed by atoms with van der Waals surface area (Å²) in [5, 5.41) is 14.2. The molecule has 20 heavy (non-hydrogen) atoms. The van der Waals surface area contributed by atoms with Gasteiger partial charge in [-0.1, -0.05) is 13.0 Å². The van der Waals surface area contributed by atoms with Crippen LogP contribution in [0.15, 0.2) is 18.2 Å². The Balaban J connectivity index is 2.79. The van der Waals surface area contributed by atoms with Crippen molar-refractivity contribution in [3.05, 3.63) is 33.9 Å². The first-order valence-corrected chi connectivity index (χ1v) is 6.72. The summed E-state index contributed by atoms with van der Waals surface area (Å²) in [5.74, 6) is 0.287. The van der Waals surface area contributed by atoms with Crippen LogP contribution in [0.2, 0.25) is 0 Å². The molecule has 1 unspecified atom stereocenters. The van der Waals surface area contributed by atoms with Gasteiger partial charge in [-0.15, -0.1) is 0 Å². The van der Waals surface area contributed by atoms with Crippen LogP contribution < -0.4 is 10.1 Å². The number of nitrogens with one attached hydrogen (secondary N) is 1. The molecular formula is C14H22N2O4. The van der Waals surface area contributed by atoms with Crippen molar-refractivity contribution in [2.45, 2.75) is 32.9 Å².